The second-order valence-electron chi connectivity index (χ2n) is 10.9. The molecule has 2 fully saturated rings. The maximum absolute atomic E-state index is 13.9. The van der Waals surface area contributed by atoms with Gasteiger partial charge in [0.05, 0.1) is 36.0 Å². The smallest absolute Gasteiger partial charge is 0.390 e. The number of aliphatic hydroxyl groups is 2. The van der Waals surface area contributed by atoms with Gasteiger partial charge < -0.3 is 26.4 Å². The fourth-order valence-electron chi connectivity index (χ4n) is 6.63. The van der Waals surface area contributed by atoms with Crippen LogP contribution in [0.3, 0.4) is 0 Å². The number of halogens is 3. The topological polar surface area (TPSA) is 187 Å². The van der Waals surface area contributed by atoms with Gasteiger partial charge in [0.2, 0.25) is 5.91 Å². The van der Waals surface area contributed by atoms with Crippen LogP contribution < -0.4 is 11.1 Å². The maximum Gasteiger partial charge on any atom is 0.390 e. The van der Waals surface area contributed by atoms with Crippen molar-refractivity contribution in [3.63, 3.8) is 0 Å². The van der Waals surface area contributed by atoms with Crippen molar-refractivity contribution in [1.29, 1.82) is 0 Å². The van der Waals surface area contributed by atoms with Gasteiger partial charge >= 0.3 is 6.18 Å². The number of fused-ring (bicyclic) bond motifs is 3. The third-order valence-electron chi connectivity index (χ3n) is 8.47. The van der Waals surface area contributed by atoms with E-state index in [1.807, 2.05) is 0 Å². The van der Waals surface area contributed by atoms with Crippen LogP contribution in [0.5, 0.6) is 5.75 Å². The van der Waals surface area contributed by atoms with E-state index < -0.39 is 101 Å². The first kappa shape index (κ1) is 29.8. The number of amides is 1. The predicted octanol–water partition coefficient (Wildman–Crippen LogP) is -0.559. The number of ketones is 4. The summed E-state index contributed by atoms with van der Waals surface area (Å²) in [6, 6.07) is 1.39. The van der Waals surface area contributed by atoms with Crippen molar-refractivity contribution in [1.82, 2.24) is 10.2 Å². The zero-order valence-electron chi connectivity index (χ0n) is 21.9. The summed E-state index contributed by atoms with van der Waals surface area (Å²) in [5.74, 6) is -14.6. The van der Waals surface area contributed by atoms with Crippen molar-refractivity contribution in [2.75, 3.05) is 20.6 Å². The molecular weight excluding hydrogens is 539 g/mol. The summed E-state index contributed by atoms with van der Waals surface area (Å²) in [6.45, 7) is 0.871. The summed E-state index contributed by atoms with van der Waals surface area (Å²) in [6.07, 6.45) is -7.27. The molecule has 2 saturated carbocycles. The molecule has 0 spiro atoms. The molecule has 0 aliphatic heterocycles. The zero-order valence-corrected chi connectivity index (χ0v) is 21.9. The van der Waals surface area contributed by atoms with Gasteiger partial charge in [-0.25, -0.2) is 0 Å². The number of aromatic hydroxyl groups is 1. The molecular formula is C26H30F3N3O8. The number of hydrogen-bond acceptors (Lipinski definition) is 10. The van der Waals surface area contributed by atoms with Crippen LogP contribution in [0, 0.1) is 23.7 Å². The van der Waals surface area contributed by atoms with Gasteiger partial charge in [0.1, 0.15) is 5.75 Å². The molecule has 40 heavy (non-hydrogen) atoms. The number of Topliss-reactive ketones (excluding diaryl/α,β-unsaturated/α-hetero) is 4. The number of benzene rings is 1. The molecule has 0 aromatic heterocycles. The number of likely N-dealkylation sites (N-methyl/N-ethyl adjacent to an activating group) is 1. The normalized spacial score (nSPS) is 34.0. The Bertz CT molecular complexity index is 1300. The lowest BCUT2D eigenvalue weighted by Crippen LogP contribution is -2.77. The lowest BCUT2D eigenvalue weighted by atomic mass is 9.49. The molecule has 1 aromatic rings. The molecule has 2 unspecified atom stereocenters. The van der Waals surface area contributed by atoms with E-state index in [0.29, 0.717) is 0 Å². The van der Waals surface area contributed by atoms with E-state index in [9.17, 15) is 52.5 Å². The molecule has 0 radical (unpaired) electrons. The molecule has 0 heterocycles. The Labute approximate surface area is 226 Å². The summed E-state index contributed by atoms with van der Waals surface area (Å²) in [4.78, 5) is 67.5. The Morgan fingerprint density at radius 3 is 2.33 bits per heavy atom. The van der Waals surface area contributed by atoms with Crippen molar-refractivity contribution < 1.29 is 52.5 Å². The standard InChI is InChI=1S/C26H30F3N3O8/c1-9-11-5-4-10(8-31-7-6-25(27,28)29)18(33)13(11)19(34)14-12(9)20(35)16-17(32(2)3)21(36)15(24(30)39)23(38)26(16,40)22(14)37/h4-5,9,12,14-17,20,31,33,35,40H,6-8H2,1-3H3,(H2,30,39)/t9-,12+,14?,15?,16+,17-,20-,26-/m0/s1. The van der Waals surface area contributed by atoms with Crippen molar-refractivity contribution in [3.05, 3.63) is 28.8 Å². The summed E-state index contributed by atoms with van der Waals surface area (Å²) in [5.41, 5.74) is 2.16. The Kier molecular flexibility index (Phi) is 7.45. The van der Waals surface area contributed by atoms with Crippen molar-refractivity contribution in [2.45, 2.75) is 49.7 Å². The molecule has 4 rings (SSSR count). The highest BCUT2D eigenvalue weighted by atomic mass is 19.4. The lowest BCUT2D eigenvalue weighted by Gasteiger charge is -2.56. The van der Waals surface area contributed by atoms with Crippen LogP contribution in [0.1, 0.15) is 40.7 Å². The monoisotopic (exact) mass is 569 g/mol. The minimum absolute atomic E-state index is 0.0705. The van der Waals surface area contributed by atoms with E-state index >= 15 is 0 Å². The SMILES string of the molecule is C[C@H]1c2ccc(CNCCC(F)(F)F)c(O)c2C(=O)C2C(=O)[C@]3(O)C(=O)C(C(N)=O)C(=O)[C@@H](N(C)C)[C@@H]3[C@@H](O)[C@@H]21. The quantitative estimate of drug-likeness (QED) is 0.220. The first-order valence-electron chi connectivity index (χ1n) is 12.6. The number of aliphatic hydroxyl groups excluding tert-OH is 1. The molecule has 11 nitrogen and oxygen atoms in total. The summed E-state index contributed by atoms with van der Waals surface area (Å²) in [7, 11) is 2.79. The van der Waals surface area contributed by atoms with E-state index in [1.165, 1.54) is 31.1 Å². The van der Waals surface area contributed by atoms with Gasteiger partial charge in [-0.05, 0) is 25.6 Å². The van der Waals surface area contributed by atoms with Crippen molar-refractivity contribution in [2.24, 2.45) is 29.4 Å². The highest BCUT2D eigenvalue weighted by Crippen LogP contribution is 2.54. The highest BCUT2D eigenvalue weighted by Gasteiger charge is 2.72. The van der Waals surface area contributed by atoms with E-state index in [4.69, 9.17) is 5.73 Å². The van der Waals surface area contributed by atoms with Crippen LogP contribution in [0.25, 0.3) is 0 Å². The van der Waals surface area contributed by atoms with Crippen LogP contribution in [0.2, 0.25) is 0 Å². The van der Waals surface area contributed by atoms with Gasteiger partial charge in [-0.15, -0.1) is 0 Å². The van der Waals surface area contributed by atoms with E-state index in [-0.39, 0.29) is 23.2 Å². The molecule has 0 bridgehead atoms. The number of nitrogens with one attached hydrogen (secondary N) is 1. The van der Waals surface area contributed by atoms with Gasteiger partial charge in [-0.2, -0.15) is 13.2 Å². The predicted molar refractivity (Wildman–Crippen MR) is 130 cm³/mol. The lowest BCUT2D eigenvalue weighted by molar-refractivity contribution is -0.196. The first-order valence-corrected chi connectivity index (χ1v) is 12.6. The number of primary amides is 1. The van der Waals surface area contributed by atoms with Gasteiger partial charge in [0.15, 0.2) is 34.7 Å². The van der Waals surface area contributed by atoms with E-state index in [1.54, 1.807) is 6.92 Å². The minimum atomic E-state index is -4.40. The molecule has 0 saturated heterocycles. The summed E-state index contributed by atoms with van der Waals surface area (Å²) >= 11 is 0. The second-order valence-corrected chi connectivity index (χ2v) is 10.9. The number of carbonyl (C=O) groups is 5. The molecule has 3 aliphatic carbocycles. The average molecular weight is 570 g/mol. The van der Waals surface area contributed by atoms with Crippen LogP contribution in [-0.2, 0) is 25.7 Å². The molecule has 218 valence electrons. The Morgan fingerprint density at radius 2 is 1.77 bits per heavy atom. The number of rotatable bonds is 6. The van der Waals surface area contributed by atoms with Crippen LogP contribution in [0.15, 0.2) is 12.1 Å². The number of alkyl halides is 3. The van der Waals surface area contributed by atoms with E-state index in [0.717, 1.165) is 0 Å². The molecule has 1 amide bonds. The van der Waals surface area contributed by atoms with Crippen LogP contribution >= 0.6 is 0 Å². The fraction of sp³-hybridized carbons (Fsp3) is 0.577. The van der Waals surface area contributed by atoms with Crippen molar-refractivity contribution >= 4 is 29.0 Å². The maximum atomic E-state index is 13.9. The Morgan fingerprint density at radius 1 is 1.15 bits per heavy atom. The van der Waals surface area contributed by atoms with Gasteiger partial charge in [0.25, 0.3) is 0 Å². The number of nitrogens with zero attached hydrogens (tertiary/aromatic N) is 1. The average Bonchev–Trinajstić information content (AvgIpc) is 2.84. The third kappa shape index (κ3) is 4.33. The Hall–Kier alpha value is -3.20. The molecule has 6 N–H and O–H groups in total. The van der Waals surface area contributed by atoms with E-state index in [2.05, 4.69) is 5.32 Å². The fourth-order valence-corrected chi connectivity index (χ4v) is 6.63. The zero-order chi connectivity index (χ0) is 30.1. The molecule has 1 aromatic carbocycles. The third-order valence-corrected chi connectivity index (χ3v) is 8.47. The van der Waals surface area contributed by atoms with Gasteiger partial charge in [-0.3, -0.25) is 28.9 Å². The van der Waals surface area contributed by atoms with Crippen LogP contribution in [0.4, 0.5) is 13.2 Å². The molecule has 14 heteroatoms. The minimum Gasteiger partial charge on any atom is -0.507 e. The van der Waals surface area contributed by atoms with Gasteiger partial charge in [0, 0.05) is 24.6 Å². The molecule has 3 aliphatic rings. The number of nitrogens with two attached hydrogens (primary N) is 1. The number of phenolic OH excluding ortho intramolecular Hbond substituents is 1. The summed E-state index contributed by atoms with van der Waals surface area (Å²) < 4.78 is 37.4. The first-order chi connectivity index (χ1) is 18.5. The second kappa shape index (κ2) is 10.0. The number of phenols is 1. The number of hydrogen-bond donors (Lipinski definition) is 5. The largest absolute Gasteiger partial charge is 0.507 e. The highest BCUT2D eigenvalue weighted by molar-refractivity contribution is 6.32. The molecule has 8 atom stereocenters. The van der Waals surface area contributed by atoms with Gasteiger partial charge in [-0.1, -0.05) is 19.1 Å². The van der Waals surface area contributed by atoms with Crippen molar-refractivity contribution in [3.8, 4) is 5.75 Å². The Balaban J connectivity index is 1.78. The number of carbonyl (C=O) groups excluding carboxylic acids is 5. The van der Waals surface area contributed by atoms with Crippen LogP contribution in [-0.4, -0.2) is 93.8 Å². The summed E-state index contributed by atoms with van der Waals surface area (Å²) in [5, 5.41) is 36.6.